The van der Waals surface area contributed by atoms with Crippen LogP contribution in [0.1, 0.15) is 31.2 Å². The third-order valence-electron chi connectivity index (χ3n) is 5.71. The molecule has 0 saturated carbocycles. The van der Waals surface area contributed by atoms with Crippen LogP contribution in [0.3, 0.4) is 0 Å². The number of carbonyl (C=O) groups excluding carboxylic acids is 2. The van der Waals surface area contributed by atoms with Crippen molar-refractivity contribution in [2.24, 2.45) is 5.92 Å². The Morgan fingerprint density at radius 2 is 1.74 bits per heavy atom. The maximum atomic E-state index is 13.1. The van der Waals surface area contributed by atoms with Crippen molar-refractivity contribution < 1.29 is 19.1 Å². The van der Waals surface area contributed by atoms with Gasteiger partial charge >= 0.3 is 6.03 Å². The molecule has 0 aromatic heterocycles. The summed E-state index contributed by atoms with van der Waals surface area (Å²) >= 11 is 0. The molecule has 7 heteroatoms. The zero-order chi connectivity index (χ0) is 19.6. The molecule has 2 aliphatic heterocycles. The maximum Gasteiger partial charge on any atom is 0.319 e. The number of halogens is 1. The first-order valence-corrected chi connectivity index (χ1v) is 9.53. The minimum Gasteiger partial charge on any atom is -0.385 e. The second kappa shape index (κ2) is 7.84. The highest BCUT2D eigenvalue weighted by Crippen LogP contribution is 2.34. The van der Waals surface area contributed by atoms with E-state index in [2.05, 4.69) is 0 Å². The fraction of sp³-hybridized carbons (Fsp3) is 0.600. The van der Waals surface area contributed by atoms with Gasteiger partial charge in [-0.05, 0) is 43.4 Å². The molecular weight excluding hydrogens is 349 g/mol. The standard InChI is InChI=1S/C20H28FN3O3/c1-22(2)19(26)24-11-3-4-15(14-24)18(25)23-12-9-20(27,10-13-23)16-5-7-17(21)8-6-16/h5-8,15,27H,3-4,9-14H2,1-2H3. The predicted molar refractivity (Wildman–Crippen MR) is 99.5 cm³/mol. The van der Waals surface area contributed by atoms with E-state index >= 15 is 0 Å². The largest absolute Gasteiger partial charge is 0.385 e. The number of hydrogen-bond acceptors (Lipinski definition) is 3. The Balaban J connectivity index is 1.59. The van der Waals surface area contributed by atoms with Crippen molar-refractivity contribution in [2.45, 2.75) is 31.3 Å². The van der Waals surface area contributed by atoms with Gasteiger partial charge in [-0.15, -0.1) is 0 Å². The van der Waals surface area contributed by atoms with E-state index in [-0.39, 0.29) is 23.7 Å². The SMILES string of the molecule is CN(C)C(=O)N1CCCC(C(=O)N2CCC(O)(c3ccc(F)cc3)CC2)C1. The molecular formula is C20H28FN3O3. The molecule has 3 amide bonds. The van der Waals surface area contributed by atoms with Crippen LogP contribution >= 0.6 is 0 Å². The third-order valence-corrected chi connectivity index (χ3v) is 5.71. The Hall–Kier alpha value is -2.15. The summed E-state index contributed by atoms with van der Waals surface area (Å²) in [6, 6.07) is 5.86. The first-order chi connectivity index (χ1) is 12.8. The van der Waals surface area contributed by atoms with E-state index in [4.69, 9.17) is 0 Å². The Morgan fingerprint density at radius 3 is 2.33 bits per heavy atom. The molecule has 1 atom stereocenters. The van der Waals surface area contributed by atoms with Crippen LogP contribution in [0.15, 0.2) is 24.3 Å². The second-order valence-corrected chi connectivity index (χ2v) is 7.83. The van der Waals surface area contributed by atoms with Crippen LogP contribution in [0.4, 0.5) is 9.18 Å². The summed E-state index contributed by atoms with van der Waals surface area (Å²) in [5.74, 6) is -0.448. The highest BCUT2D eigenvalue weighted by molar-refractivity contribution is 5.81. The zero-order valence-corrected chi connectivity index (χ0v) is 16.0. The van der Waals surface area contributed by atoms with Crippen molar-refractivity contribution in [3.8, 4) is 0 Å². The normalized spacial score (nSPS) is 22.4. The molecule has 0 bridgehead atoms. The number of likely N-dealkylation sites (tertiary alicyclic amines) is 2. The summed E-state index contributed by atoms with van der Waals surface area (Å²) in [4.78, 5) is 30.2. The van der Waals surface area contributed by atoms with Gasteiger partial charge in [0.25, 0.3) is 0 Å². The van der Waals surface area contributed by atoms with E-state index in [9.17, 15) is 19.1 Å². The van der Waals surface area contributed by atoms with Crippen LogP contribution in [0.25, 0.3) is 0 Å². The lowest BCUT2D eigenvalue weighted by atomic mass is 9.84. The summed E-state index contributed by atoms with van der Waals surface area (Å²) in [5, 5.41) is 10.9. The van der Waals surface area contributed by atoms with Gasteiger partial charge < -0.3 is 19.8 Å². The lowest BCUT2D eigenvalue weighted by Crippen LogP contribution is -2.52. The molecule has 1 unspecified atom stereocenters. The first kappa shape index (κ1) is 19.6. The fourth-order valence-electron chi connectivity index (χ4n) is 4.04. The van der Waals surface area contributed by atoms with Gasteiger partial charge in [0, 0.05) is 40.3 Å². The highest BCUT2D eigenvalue weighted by Gasteiger charge is 2.38. The molecule has 0 spiro atoms. The Morgan fingerprint density at radius 1 is 1.11 bits per heavy atom. The summed E-state index contributed by atoms with van der Waals surface area (Å²) in [6.45, 7) is 2.06. The van der Waals surface area contributed by atoms with Gasteiger partial charge in [0.1, 0.15) is 5.82 Å². The van der Waals surface area contributed by atoms with Crippen LogP contribution < -0.4 is 0 Å². The van der Waals surface area contributed by atoms with Gasteiger partial charge in [0.2, 0.25) is 5.91 Å². The minimum absolute atomic E-state index is 0.0585. The smallest absolute Gasteiger partial charge is 0.319 e. The zero-order valence-electron chi connectivity index (χ0n) is 16.0. The summed E-state index contributed by atoms with van der Waals surface area (Å²) in [5.41, 5.74) is -0.333. The monoisotopic (exact) mass is 377 g/mol. The third kappa shape index (κ3) is 4.24. The van der Waals surface area contributed by atoms with E-state index < -0.39 is 5.60 Å². The maximum absolute atomic E-state index is 13.1. The second-order valence-electron chi connectivity index (χ2n) is 7.83. The van der Waals surface area contributed by atoms with Gasteiger partial charge in [-0.2, -0.15) is 0 Å². The van der Waals surface area contributed by atoms with Crippen molar-refractivity contribution in [3.63, 3.8) is 0 Å². The van der Waals surface area contributed by atoms with E-state index in [0.717, 1.165) is 12.8 Å². The van der Waals surface area contributed by atoms with Crippen molar-refractivity contribution in [3.05, 3.63) is 35.6 Å². The molecule has 2 aliphatic rings. The molecule has 2 saturated heterocycles. The molecule has 3 rings (SSSR count). The topological polar surface area (TPSA) is 64.1 Å². The van der Waals surface area contributed by atoms with E-state index in [1.807, 2.05) is 0 Å². The van der Waals surface area contributed by atoms with Crippen molar-refractivity contribution in [1.29, 1.82) is 0 Å². The average Bonchev–Trinajstić information content (AvgIpc) is 2.68. The number of hydrogen-bond donors (Lipinski definition) is 1. The van der Waals surface area contributed by atoms with Gasteiger partial charge in [-0.1, -0.05) is 12.1 Å². The van der Waals surface area contributed by atoms with Crippen molar-refractivity contribution in [2.75, 3.05) is 40.3 Å². The molecule has 2 fully saturated rings. The number of carbonyl (C=O) groups is 2. The Labute approximate surface area is 159 Å². The Bertz CT molecular complexity index is 684. The lowest BCUT2D eigenvalue weighted by Gasteiger charge is -2.41. The quantitative estimate of drug-likeness (QED) is 0.858. The molecule has 6 nitrogen and oxygen atoms in total. The van der Waals surface area contributed by atoms with Gasteiger partial charge in [-0.25, -0.2) is 9.18 Å². The molecule has 0 radical (unpaired) electrons. The van der Waals surface area contributed by atoms with Crippen LogP contribution in [-0.2, 0) is 10.4 Å². The molecule has 2 heterocycles. The van der Waals surface area contributed by atoms with Crippen LogP contribution in [0.2, 0.25) is 0 Å². The molecule has 1 N–H and O–H groups in total. The highest BCUT2D eigenvalue weighted by atomic mass is 19.1. The number of nitrogens with zero attached hydrogens (tertiary/aromatic N) is 3. The molecule has 1 aromatic rings. The van der Waals surface area contributed by atoms with E-state index in [0.29, 0.717) is 44.6 Å². The summed E-state index contributed by atoms with van der Waals surface area (Å²) in [7, 11) is 3.43. The minimum atomic E-state index is -1.02. The molecule has 148 valence electrons. The van der Waals surface area contributed by atoms with Crippen LogP contribution in [-0.4, -0.2) is 72.0 Å². The number of piperidine rings is 2. The molecule has 1 aromatic carbocycles. The molecule has 0 aliphatic carbocycles. The van der Waals surface area contributed by atoms with E-state index in [1.165, 1.54) is 17.0 Å². The van der Waals surface area contributed by atoms with Crippen LogP contribution in [0, 0.1) is 11.7 Å². The number of aliphatic hydroxyl groups is 1. The van der Waals surface area contributed by atoms with Gasteiger partial charge in [-0.3, -0.25) is 4.79 Å². The average molecular weight is 377 g/mol. The summed E-state index contributed by atoms with van der Waals surface area (Å²) < 4.78 is 13.1. The number of rotatable bonds is 2. The Kier molecular flexibility index (Phi) is 5.69. The number of amides is 3. The molecule has 27 heavy (non-hydrogen) atoms. The predicted octanol–water partition coefficient (Wildman–Crippen LogP) is 2.03. The van der Waals surface area contributed by atoms with Crippen molar-refractivity contribution in [1.82, 2.24) is 14.7 Å². The van der Waals surface area contributed by atoms with E-state index in [1.54, 1.807) is 36.0 Å². The van der Waals surface area contributed by atoms with Crippen LogP contribution in [0.5, 0.6) is 0 Å². The number of urea groups is 1. The summed E-state index contributed by atoms with van der Waals surface area (Å²) in [6.07, 6.45) is 2.47. The number of benzene rings is 1. The van der Waals surface area contributed by atoms with Gasteiger partial charge in [0.15, 0.2) is 0 Å². The van der Waals surface area contributed by atoms with Gasteiger partial charge in [0.05, 0.1) is 11.5 Å². The fourth-order valence-corrected chi connectivity index (χ4v) is 4.04. The first-order valence-electron chi connectivity index (χ1n) is 9.53. The van der Waals surface area contributed by atoms with Crippen molar-refractivity contribution >= 4 is 11.9 Å². The lowest BCUT2D eigenvalue weighted by molar-refractivity contribution is -0.141.